The predicted octanol–water partition coefficient (Wildman–Crippen LogP) is 0.0493. The average molecular weight is 116 g/mol. The molecule has 0 spiro atoms. The summed E-state index contributed by atoms with van der Waals surface area (Å²) in [5.41, 5.74) is 0. The van der Waals surface area contributed by atoms with Gasteiger partial charge in [-0.15, -0.1) is 0 Å². The number of hydrazone groups is 1. The van der Waals surface area contributed by atoms with Gasteiger partial charge in [-0.3, -0.25) is 4.79 Å². The highest BCUT2D eigenvalue weighted by molar-refractivity contribution is 7.78. The Labute approximate surface area is 46.5 Å². The van der Waals surface area contributed by atoms with E-state index in [0.29, 0.717) is 6.42 Å². The van der Waals surface area contributed by atoms with Crippen molar-refractivity contribution in [3.63, 3.8) is 0 Å². The van der Waals surface area contributed by atoms with E-state index < -0.39 is 0 Å². The molecule has 0 unspecified atom stereocenters. The summed E-state index contributed by atoms with van der Waals surface area (Å²) in [6.07, 6.45) is 1.92. The van der Waals surface area contributed by atoms with E-state index >= 15 is 0 Å². The fraction of sp³-hybridized carbons (Fsp3) is 0.333. The lowest BCUT2D eigenvalue weighted by molar-refractivity contribution is -0.123. The van der Waals surface area contributed by atoms with Gasteiger partial charge in [0, 0.05) is 6.21 Å². The molecule has 1 amide bonds. The molecule has 0 aromatic rings. The number of thiol groups is 1. The van der Waals surface area contributed by atoms with Crippen molar-refractivity contribution in [1.82, 2.24) is 4.41 Å². The van der Waals surface area contributed by atoms with Crippen LogP contribution in [0.5, 0.6) is 0 Å². The van der Waals surface area contributed by atoms with Crippen molar-refractivity contribution in [3.05, 3.63) is 0 Å². The summed E-state index contributed by atoms with van der Waals surface area (Å²) in [5, 5.41) is 3.54. The molecular formula is C3H4N2OS. The zero-order valence-corrected chi connectivity index (χ0v) is 4.43. The van der Waals surface area contributed by atoms with Crippen LogP contribution in [0, 0.1) is 0 Å². The van der Waals surface area contributed by atoms with Gasteiger partial charge >= 0.3 is 0 Å². The molecular weight excluding hydrogens is 112 g/mol. The van der Waals surface area contributed by atoms with E-state index in [2.05, 4.69) is 17.9 Å². The maximum atomic E-state index is 10.3. The van der Waals surface area contributed by atoms with Crippen LogP contribution >= 0.6 is 12.8 Å². The molecule has 0 saturated heterocycles. The third kappa shape index (κ3) is 0.742. The monoisotopic (exact) mass is 116 g/mol. The molecule has 0 atom stereocenters. The van der Waals surface area contributed by atoms with Crippen molar-refractivity contribution in [2.75, 3.05) is 0 Å². The largest absolute Gasteiger partial charge is 0.272 e. The molecule has 1 rings (SSSR count). The lowest BCUT2D eigenvalue weighted by Gasteiger charge is -1.96. The number of carbonyl (C=O) groups is 1. The third-order valence-corrected chi connectivity index (χ3v) is 1.01. The normalized spacial score (nSPS) is 19.0. The van der Waals surface area contributed by atoms with E-state index in [9.17, 15) is 4.79 Å². The second kappa shape index (κ2) is 1.54. The smallest absolute Gasteiger partial charge is 0.258 e. The minimum absolute atomic E-state index is 0.0664. The second-order valence-electron chi connectivity index (χ2n) is 1.19. The molecule has 4 heteroatoms. The summed E-state index contributed by atoms with van der Waals surface area (Å²) in [4.78, 5) is 10.3. The second-order valence-corrected chi connectivity index (χ2v) is 1.56. The maximum Gasteiger partial charge on any atom is 0.258 e. The molecule has 0 aromatic heterocycles. The van der Waals surface area contributed by atoms with E-state index in [1.807, 2.05) is 0 Å². The first kappa shape index (κ1) is 4.64. The molecule has 1 aliphatic heterocycles. The average Bonchev–Trinajstić information content (AvgIpc) is 1.91. The fourth-order valence-electron chi connectivity index (χ4n) is 0.342. The van der Waals surface area contributed by atoms with E-state index in [4.69, 9.17) is 0 Å². The lowest BCUT2D eigenvalue weighted by atomic mass is 10.5. The van der Waals surface area contributed by atoms with E-state index in [0.717, 1.165) is 4.41 Å². The quantitative estimate of drug-likeness (QED) is 0.446. The Morgan fingerprint density at radius 3 is 2.86 bits per heavy atom. The van der Waals surface area contributed by atoms with Crippen molar-refractivity contribution in [2.45, 2.75) is 6.42 Å². The standard InChI is InChI=1S/C3H4N2OS/c6-3-1-2-4-5(3)7/h2,7H,1H2. The molecule has 1 aliphatic rings. The van der Waals surface area contributed by atoms with Crippen LogP contribution < -0.4 is 0 Å². The summed E-state index contributed by atoms with van der Waals surface area (Å²) in [6.45, 7) is 0. The van der Waals surface area contributed by atoms with Crippen molar-refractivity contribution < 1.29 is 4.79 Å². The SMILES string of the molecule is O=C1CC=NN1S. The van der Waals surface area contributed by atoms with Crippen LogP contribution in [0.3, 0.4) is 0 Å². The van der Waals surface area contributed by atoms with Crippen LogP contribution in [0.4, 0.5) is 0 Å². The van der Waals surface area contributed by atoms with Gasteiger partial charge in [0.2, 0.25) is 0 Å². The van der Waals surface area contributed by atoms with E-state index in [-0.39, 0.29) is 5.91 Å². The van der Waals surface area contributed by atoms with Crippen molar-refractivity contribution in [1.29, 1.82) is 0 Å². The lowest BCUT2D eigenvalue weighted by Crippen LogP contribution is -2.07. The number of hydrogen-bond acceptors (Lipinski definition) is 3. The highest BCUT2D eigenvalue weighted by Crippen LogP contribution is 2.02. The van der Waals surface area contributed by atoms with Gasteiger partial charge in [-0.05, 0) is 12.8 Å². The Morgan fingerprint density at radius 2 is 2.71 bits per heavy atom. The van der Waals surface area contributed by atoms with Crippen LogP contribution in [-0.4, -0.2) is 16.5 Å². The Balaban J connectivity index is 2.62. The van der Waals surface area contributed by atoms with Gasteiger partial charge in [-0.1, -0.05) is 0 Å². The van der Waals surface area contributed by atoms with Gasteiger partial charge in [0.15, 0.2) is 0 Å². The highest BCUT2D eigenvalue weighted by atomic mass is 32.1. The zero-order valence-electron chi connectivity index (χ0n) is 3.53. The van der Waals surface area contributed by atoms with Gasteiger partial charge in [0.05, 0.1) is 6.42 Å². The number of rotatable bonds is 0. The van der Waals surface area contributed by atoms with Crippen LogP contribution in [-0.2, 0) is 4.79 Å². The molecule has 0 aliphatic carbocycles. The summed E-state index contributed by atoms with van der Waals surface area (Å²) < 4.78 is 1.03. The molecule has 0 bridgehead atoms. The molecule has 3 nitrogen and oxygen atoms in total. The van der Waals surface area contributed by atoms with Gasteiger partial charge in [-0.25, -0.2) is 0 Å². The summed E-state index contributed by atoms with van der Waals surface area (Å²) in [6, 6.07) is 0. The maximum absolute atomic E-state index is 10.3. The van der Waals surface area contributed by atoms with Crippen LogP contribution in [0.25, 0.3) is 0 Å². The topological polar surface area (TPSA) is 32.7 Å². The van der Waals surface area contributed by atoms with Crippen molar-refractivity contribution in [3.8, 4) is 0 Å². The molecule has 0 fully saturated rings. The molecule has 7 heavy (non-hydrogen) atoms. The predicted molar refractivity (Wildman–Crippen MR) is 28.9 cm³/mol. The van der Waals surface area contributed by atoms with Crippen molar-refractivity contribution in [2.24, 2.45) is 5.10 Å². The minimum Gasteiger partial charge on any atom is -0.272 e. The Hall–Kier alpha value is -0.510. The summed E-state index contributed by atoms with van der Waals surface area (Å²) >= 11 is 3.67. The Morgan fingerprint density at radius 1 is 2.00 bits per heavy atom. The van der Waals surface area contributed by atoms with Crippen LogP contribution in [0.1, 0.15) is 6.42 Å². The Kier molecular flexibility index (Phi) is 1.02. The first-order valence-corrected chi connectivity index (χ1v) is 2.25. The first-order chi connectivity index (χ1) is 3.30. The molecule has 1 heterocycles. The van der Waals surface area contributed by atoms with Crippen LogP contribution in [0.2, 0.25) is 0 Å². The number of carbonyl (C=O) groups excluding carboxylic acids is 1. The van der Waals surface area contributed by atoms with Gasteiger partial charge in [0.1, 0.15) is 0 Å². The third-order valence-electron chi connectivity index (χ3n) is 0.680. The minimum atomic E-state index is -0.0664. The molecule has 0 radical (unpaired) electrons. The van der Waals surface area contributed by atoms with E-state index in [1.54, 1.807) is 0 Å². The van der Waals surface area contributed by atoms with Crippen molar-refractivity contribution >= 4 is 24.9 Å². The fourth-order valence-corrected chi connectivity index (χ4v) is 0.497. The highest BCUT2D eigenvalue weighted by Gasteiger charge is 2.10. The van der Waals surface area contributed by atoms with Gasteiger partial charge < -0.3 is 0 Å². The Bertz CT molecular complexity index is 122. The van der Waals surface area contributed by atoms with E-state index in [1.165, 1.54) is 6.21 Å². The summed E-state index contributed by atoms with van der Waals surface area (Å²) in [7, 11) is 0. The molecule has 0 aromatic carbocycles. The molecule has 0 N–H and O–H groups in total. The zero-order chi connectivity index (χ0) is 5.28. The van der Waals surface area contributed by atoms with Gasteiger partial charge in [-0.2, -0.15) is 9.52 Å². The summed E-state index contributed by atoms with van der Waals surface area (Å²) in [5.74, 6) is -0.0664. The number of nitrogens with zero attached hydrogens (tertiary/aromatic N) is 2. The number of hydrogen-bond donors (Lipinski definition) is 1. The molecule has 0 saturated carbocycles. The first-order valence-electron chi connectivity index (χ1n) is 1.85. The molecule has 38 valence electrons. The van der Waals surface area contributed by atoms with Gasteiger partial charge in [0.25, 0.3) is 5.91 Å². The number of amides is 1. The van der Waals surface area contributed by atoms with Crippen LogP contribution in [0.15, 0.2) is 5.10 Å².